The molecule has 1 atom stereocenters. The summed E-state index contributed by atoms with van der Waals surface area (Å²) in [4.78, 5) is 36.2. The Hall–Kier alpha value is -0.860. The third-order valence-corrected chi connectivity index (χ3v) is 5.36. The van der Waals surface area contributed by atoms with Crippen LogP contribution < -0.4 is 4.90 Å². The molecule has 8 heteroatoms. The van der Waals surface area contributed by atoms with Crippen LogP contribution in [-0.2, 0) is 9.59 Å². The van der Waals surface area contributed by atoms with Crippen LogP contribution in [0, 0.1) is 5.92 Å². The molecule has 0 bridgehead atoms. The van der Waals surface area contributed by atoms with Crippen LogP contribution in [0.1, 0.15) is 23.7 Å². The molecule has 0 radical (unpaired) electrons. The highest BCUT2D eigenvalue weighted by molar-refractivity contribution is 9.11. The molecule has 1 unspecified atom stereocenters. The third kappa shape index (κ3) is 3.91. The molecule has 5 nitrogen and oxygen atoms in total. The minimum atomic E-state index is -1.09. The fourth-order valence-corrected chi connectivity index (χ4v) is 4.48. The van der Waals surface area contributed by atoms with Crippen molar-refractivity contribution in [3.05, 3.63) is 26.6 Å². The fraction of sp³-hybridized carbons (Fsp3) is 0.357. The predicted octanol–water partition coefficient (Wildman–Crippen LogP) is 3.54. The van der Waals surface area contributed by atoms with Gasteiger partial charge in [-0.2, -0.15) is 0 Å². The van der Waals surface area contributed by atoms with Gasteiger partial charge in [0.1, 0.15) is 0 Å². The van der Waals surface area contributed by atoms with Gasteiger partial charge in [0.25, 0.3) is 0 Å². The van der Waals surface area contributed by atoms with Crippen molar-refractivity contribution in [2.75, 3.05) is 17.2 Å². The minimum Gasteiger partial charge on any atom is -0.478 e. The van der Waals surface area contributed by atoms with E-state index in [-0.39, 0.29) is 22.5 Å². The SMILES string of the molecule is CC(=O)SCC1CC(=O)N(c2c(Br)cc(Br)cc2C(=O)O)C1. The van der Waals surface area contributed by atoms with Gasteiger partial charge in [-0.05, 0) is 34.0 Å². The Morgan fingerprint density at radius 2 is 2.09 bits per heavy atom. The van der Waals surface area contributed by atoms with Crippen LogP contribution >= 0.6 is 43.6 Å². The van der Waals surface area contributed by atoms with Gasteiger partial charge >= 0.3 is 5.97 Å². The average molecular weight is 451 g/mol. The second kappa shape index (κ2) is 7.14. The van der Waals surface area contributed by atoms with Crippen molar-refractivity contribution in [2.24, 2.45) is 5.92 Å². The maximum absolute atomic E-state index is 12.2. The molecule has 1 aromatic rings. The number of carboxylic acids is 1. The Morgan fingerprint density at radius 1 is 1.41 bits per heavy atom. The number of hydrogen-bond acceptors (Lipinski definition) is 4. The molecule has 1 aromatic carbocycles. The number of carboxylic acid groups (broad SMARTS) is 1. The third-order valence-electron chi connectivity index (χ3n) is 3.26. The van der Waals surface area contributed by atoms with Crippen molar-refractivity contribution < 1.29 is 19.5 Å². The number of amides is 1. The van der Waals surface area contributed by atoms with Crippen LogP contribution in [0.5, 0.6) is 0 Å². The van der Waals surface area contributed by atoms with Crippen LogP contribution in [0.4, 0.5) is 5.69 Å². The summed E-state index contributed by atoms with van der Waals surface area (Å²) in [5, 5.41) is 9.39. The summed E-state index contributed by atoms with van der Waals surface area (Å²) in [6.45, 7) is 1.91. The summed E-state index contributed by atoms with van der Waals surface area (Å²) in [6.07, 6.45) is 0.321. The van der Waals surface area contributed by atoms with E-state index in [2.05, 4.69) is 31.9 Å². The first kappa shape index (κ1) is 17.5. The molecule has 1 fully saturated rings. The lowest BCUT2D eigenvalue weighted by molar-refractivity contribution is -0.117. The lowest BCUT2D eigenvalue weighted by Crippen LogP contribution is -2.27. The highest BCUT2D eigenvalue weighted by atomic mass is 79.9. The summed E-state index contributed by atoms with van der Waals surface area (Å²) in [7, 11) is 0. The maximum atomic E-state index is 12.2. The molecule has 1 N–H and O–H groups in total. The van der Waals surface area contributed by atoms with Crippen molar-refractivity contribution in [3.63, 3.8) is 0 Å². The zero-order valence-electron chi connectivity index (χ0n) is 11.6. The smallest absolute Gasteiger partial charge is 0.337 e. The highest BCUT2D eigenvalue weighted by Gasteiger charge is 2.34. The summed E-state index contributed by atoms with van der Waals surface area (Å²) >= 11 is 7.79. The first-order valence-electron chi connectivity index (χ1n) is 6.45. The van der Waals surface area contributed by atoms with E-state index in [1.807, 2.05) is 0 Å². The fourth-order valence-electron chi connectivity index (χ4n) is 2.35. The quantitative estimate of drug-likeness (QED) is 0.759. The molecule has 0 aliphatic carbocycles. The van der Waals surface area contributed by atoms with Crippen molar-refractivity contribution in [2.45, 2.75) is 13.3 Å². The van der Waals surface area contributed by atoms with Gasteiger partial charge in [0, 0.05) is 34.6 Å². The van der Waals surface area contributed by atoms with E-state index < -0.39 is 5.97 Å². The topological polar surface area (TPSA) is 74.7 Å². The van der Waals surface area contributed by atoms with E-state index in [0.717, 1.165) is 0 Å². The van der Waals surface area contributed by atoms with Crippen LogP contribution in [0.3, 0.4) is 0 Å². The summed E-state index contributed by atoms with van der Waals surface area (Å²) in [5.74, 6) is -0.613. The van der Waals surface area contributed by atoms with Gasteiger partial charge < -0.3 is 10.0 Å². The van der Waals surface area contributed by atoms with Crippen molar-refractivity contribution >= 4 is 66.3 Å². The number of thioether (sulfide) groups is 1. The van der Waals surface area contributed by atoms with Crippen molar-refractivity contribution in [1.82, 2.24) is 0 Å². The molecule has 1 amide bonds. The van der Waals surface area contributed by atoms with E-state index in [1.54, 1.807) is 6.07 Å². The van der Waals surface area contributed by atoms with Gasteiger partial charge in [0.15, 0.2) is 5.12 Å². The van der Waals surface area contributed by atoms with Crippen molar-refractivity contribution in [3.8, 4) is 0 Å². The molecule has 0 spiro atoms. The van der Waals surface area contributed by atoms with Gasteiger partial charge in [-0.15, -0.1) is 0 Å². The van der Waals surface area contributed by atoms with Crippen LogP contribution in [0.25, 0.3) is 0 Å². The molecule has 1 aliphatic rings. The van der Waals surface area contributed by atoms with Crippen LogP contribution in [0.2, 0.25) is 0 Å². The Labute approximate surface area is 148 Å². The summed E-state index contributed by atoms with van der Waals surface area (Å²) in [6, 6.07) is 3.19. The summed E-state index contributed by atoms with van der Waals surface area (Å²) < 4.78 is 1.17. The number of rotatable bonds is 4. The number of hydrogen-bond donors (Lipinski definition) is 1. The normalized spacial score (nSPS) is 17.9. The molecule has 1 heterocycles. The van der Waals surface area contributed by atoms with Crippen LogP contribution in [-0.4, -0.2) is 34.4 Å². The molecule has 2 rings (SSSR count). The molecule has 22 heavy (non-hydrogen) atoms. The standard InChI is InChI=1S/C14H13Br2NO4S/c1-7(18)22-6-8-2-12(19)17(5-8)13-10(14(20)21)3-9(15)4-11(13)16/h3-4,8H,2,5-6H2,1H3,(H,20,21). The van der Waals surface area contributed by atoms with Gasteiger partial charge in [-0.25, -0.2) is 4.79 Å². The zero-order chi connectivity index (χ0) is 16.4. The van der Waals surface area contributed by atoms with E-state index in [9.17, 15) is 19.5 Å². The summed E-state index contributed by atoms with van der Waals surface area (Å²) in [5.41, 5.74) is 0.436. The zero-order valence-corrected chi connectivity index (χ0v) is 15.6. The molecular weight excluding hydrogens is 438 g/mol. The van der Waals surface area contributed by atoms with E-state index in [1.165, 1.54) is 29.7 Å². The van der Waals surface area contributed by atoms with E-state index in [0.29, 0.717) is 33.4 Å². The number of carbonyl (C=O) groups is 3. The van der Waals surface area contributed by atoms with Gasteiger partial charge in [0.05, 0.1) is 11.3 Å². The first-order chi connectivity index (χ1) is 10.3. The van der Waals surface area contributed by atoms with Gasteiger partial charge in [-0.1, -0.05) is 27.7 Å². The predicted molar refractivity (Wildman–Crippen MR) is 92.4 cm³/mol. The lowest BCUT2D eigenvalue weighted by atomic mass is 10.1. The number of aromatic carboxylic acids is 1. The number of anilines is 1. The highest BCUT2D eigenvalue weighted by Crippen LogP contribution is 2.37. The van der Waals surface area contributed by atoms with Gasteiger partial charge in [0.2, 0.25) is 5.91 Å². The van der Waals surface area contributed by atoms with Gasteiger partial charge in [-0.3, -0.25) is 9.59 Å². The second-order valence-corrected chi connectivity index (χ2v) is 7.93. The second-order valence-electron chi connectivity index (χ2n) is 4.97. The number of nitrogens with zero attached hydrogens (tertiary/aromatic N) is 1. The monoisotopic (exact) mass is 449 g/mol. The number of benzene rings is 1. The number of carbonyl (C=O) groups excluding carboxylic acids is 2. The first-order valence-corrected chi connectivity index (χ1v) is 9.02. The van der Waals surface area contributed by atoms with Crippen molar-refractivity contribution in [1.29, 1.82) is 0 Å². The number of halogens is 2. The van der Waals surface area contributed by atoms with E-state index >= 15 is 0 Å². The Kier molecular flexibility index (Phi) is 5.68. The minimum absolute atomic E-state index is 0.0157. The molecule has 1 saturated heterocycles. The maximum Gasteiger partial charge on any atom is 0.337 e. The lowest BCUT2D eigenvalue weighted by Gasteiger charge is -2.21. The Morgan fingerprint density at radius 3 is 2.68 bits per heavy atom. The van der Waals surface area contributed by atoms with E-state index in [4.69, 9.17) is 0 Å². The van der Waals surface area contributed by atoms with Crippen LogP contribution in [0.15, 0.2) is 21.1 Å². The largest absolute Gasteiger partial charge is 0.478 e. The average Bonchev–Trinajstić information content (AvgIpc) is 2.76. The molecule has 1 aliphatic heterocycles. The Bertz CT molecular complexity index is 650. The Balaban J connectivity index is 2.30. The molecule has 0 saturated carbocycles. The molecular formula is C14H13Br2NO4S. The molecule has 0 aromatic heterocycles. The molecule has 118 valence electrons.